The first-order chi connectivity index (χ1) is 13.1. The number of aromatic nitrogens is 3. The Morgan fingerprint density at radius 2 is 2.04 bits per heavy atom. The molecule has 4 heterocycles. The number of nitrogens with one attached hydrogen (secondary N) is 1. The molecule has 0 saturated heterocycles. The smallest absolute Gasteiger partial charge is 0.263 e. The number of thiazole rings is 2. The van der Waals surface area contributed by atoms with Crippen molar-refractivity contribution in [2.45, 2.75) is 20.4 Å². The van der Waals surface area contributed by atoms with Gasteiger partial charge in [0.25, 0.3) is 5.91 Å². The van der Waals surface area contributed by atoms with E-state index in [4.69, 9.17) is 4.42 Å². The van der Waals surface area contributed by atoms with Gasteiger partial charge in [0.05, 0.1) is 22.9 Å². The number of nitrogens with zero attached hydrogens (tertiary/aromatic N) is 3. The number of furan rings is 1. The monoisotopic (exact) mass is 396 g/mol. The van der Waals surface area contributed by atoms with Gasteiger partial charge in [-0.1, -0.05) is 6.07 Å². The van der Waals surface area contributed by atoms with E-state index in [2.05, 4.69) is 20.3 Å². The Balaban J connectivity index is 1.44. The molecular weight excluding hydrogens is 380 g/mol. The zero-order valence-electron chi connectivity index (χ0n) is 14.7. The summed E-state index contributed by atoms with van der Waals surface area (Å²) in [5, 5.41) is 6.57. The van der Waals surface area contributed by atoms with Crippen molar-refractivity contribution in [2.75, 3.05) is 0 Å². The van der Waals surface area contributed by atoms with Gasteiger partial charge < -0.3 is 9.73 Å². The molecule has 0 spiro atoms. The number of hydrogen-bond acceptors (Lipinski definition) is 7. The van der Waals surface area contributed by atoms with Gasteiger partial charge in [0, 0.05) is 11.6 Å². The third kappa shape index (κ3) is 3.81. The second kappa shape index (κ2) is 7.42. The fourth-order valence-electron chi connectivity index (χ4n) is 2.54. The normalized spacial score (nSPS) is 10.9. The number of carbonyl (C=O) groups excluding carboxylic acids is 1. The molecule has 1 N–H and O–H groups in total. The molecule has 0 aliphatic heterocycles. The van der Waals surface area contributed by atoms with E-state index in [0.717, 1.165) is 21.4 Å². The maximum atomic E-state index is 12.6. The van der Waals surface area contributed by atoms with Crippen molar-refractivity contribution in [2.24, 2.45) is 0 Å². The lowest BCUT2D eigenvalue weighted by Gasteiger charge is -2.01. The molecule has 0 atom stereocenters. The molecule has 6 nitrogen and oxygen atoms in total. The molecule has 0 aliphatic rings. The summed E-state index contributed by atoms with van der Waals surface area (Å²) >= 11 is 2.91. The lowest BCUT2D eigenvalue weighted by Crippen LogP contribution is -2.22. The summed E-state index contributed by atoms with van der Waals surface area (Å²) in [4.78, 5) is 26.3. The van der Waals surface area contributed by atoms with Gasteiger partial charge in [0.1, 0.15) is 21.3 Å². The van der Waals surface area contributed by atoms with E-state index in [0.29, 0.717) is 28.6 Å². The van der Waals surface area contributed by atoms with Gasteiger partial charge in [-0.3, -0.25) is 9.78 Å². The van der Waals surface area contributed by atoms with Gasteiger partial charge in [-0.15, -0.1) is 22.7 Å². The molecule has 0 radical (unpaired) electrons. The van der Waals surface area contributed by atoms with E-state index < -0.39 is 0 Å². The number of rotatable bonds is 5. The lowest BCUT2D eigenvalue weighted by molar-refractivity contribution is 0.0951. The quantitative estimate of drug-likeness (QED) is 0.538. The SMILES string of the molecule is Cc1nc(-c2ccc(CNC(=O)c3sc(-c4ccccn4)nc3C)o2)cs1. The zero-order valence-corrected chi connectivity index (χ0v) is 16.4. The molecule has 0 unspecified atom stereocenters. The molecule has 1 amide bonds. The first-order valence-electron chi connectivity index (χ1n) is 8.28. The van der Waals surface area contributed by atoms with E-state index in [1.165, 1.54) is 11.3 Å². The Morgan fingerprint density at radius 3 is 2.78 bits per heavy atom. The molecule has 0 bridgehead atoms. The van der Waals surface area contributed by atoms with Crippen LogP contribution in [0.4, 0.5) is 0 Å². The second-order valence-corrected chi connectivity index (χ2v) is 7.91. The molecule has 0 saturated carbocycles. The van der Waals surface area contributed by atoms with E-state index in [9.17, 15) is 4.79 Å². The first-order valence-corrected chi connectivity index (χ1v) is 9.98. The van der Waals surface area contributed by atoms with Crippen LogP contribution in [0, 0.1) is 13.8 Å². The largest absolute Gasteiger partial charge is 0.458 e. The summed E-state index contributed by atoms with van der Waals surface area (Å²) < 4.78 is 5.78. The van der Waals surface area contributed by atoms with E-state index in [1.54, 1.807) is 17.5 Å². The summed E-state index contributed by atoms with van der Waals surface area (Å²) in [6, 6.07) is 9.35. The van der Waals surface area contributed by atoms with Gasteiger partial charge >= 0.3 is 0 Å². The molecule has 4 rings (SSSR count). The van der Waals surface area contributed by atoms with Crippen LogP contribution >= 0.6 is 22.7 Å². The van der Waals surface area contributed by atoms with Crippen LogP contribution in [-0.4, -0.2) is 20.9 Å². The Morgan fingerprint density at radius 1 is 1.15 bits per heavy atom. The molecule has 0 aliphatic carbocycles. The topological polar surface area (TPSA) is 80.9 Å². The van der Waals surface area contributed by atoms with E-state index in [-0.39, 0.29) is 5.91 Å². The Hall–Kier alpha value is -2.84. The van der Waals surface area contributed by atoms with Crippen molar-refractivity contribution in [1.82, 2.24) is 20.3 Å². The summed E-state index contributed by atoms with van der Waals surface area (Å²) in [7, 11) is 0. The lowest BCUT2D eigenvalue weighted by atomic mass is 10.3. The van der Waals surface area contributed by atoms with Crippen LogP contribution in [0.15, 0.2) is 46.3 Å². The summed E-state index contributed by atoms with van der Waals surface area (Å²) in [6.45, 7) is 4.08. The van der Waals surface area contributed by atoms with Crippen molar-refractivity contribution < 1.29 is 9.21 Å². The maximum absolute atomic E-state index is 12.6. The highest BCUT2D eigenvalue weighted by atomic mass is 32.1. The number of pyridine rings is 1. The number of carbonyl (C=O) groups is 1. The molecule has 27 heavy (non-hydrogen) atoms. The third-order valence-electron chi connectivity index (χ3n) is 3.84. The van der Waals surface area contributed by atoms with Crippen LogP contribution in [0.5, 0.6) is 0 Å². The number of amides is 1. The van der Waals surface area contributed by atoms with Gasteiger partial charge in [0.2, 0.25) is 0 Å². The molecule has 0 aromatic carbocycles. The molecule has 136 valence electrons. The third-order valence-corrected chi connectivity index (χ3v) is 5.80. The average molecular weight is 396 g/mol. The molecule has 0 fully saturated rings. The van der Waals surface area contributed by atoms with Gasteiger partial charge in [-0.2, -0.15) is 0 Å². The summed E-state index contributed by atoms with van der Waals surface area (Å²) in [6.07, 6.45) is 1.71. The van der Waals surface area contributed by atoms with Crippen LogP contribution in [0.2, 0.25) is 0 Å². The Bertz CT molecular complexity index is 1080. The zero-order chi connectivity index (χ0) is 18.8. The molecule has 8 heteroatoms. The minimum atomic E-state index is -0.172. The predicted molar refractivity (Wildman–Crippen MR) is 106 cm³/mol. The standard InChI is InChI=1S/C19H16N4O2S2/c1-11-17(27-19(22-11)14-5-3-4-8-20-14)18(24)21-9-13-6-7-16(25-13)15-10-26-12(2)23-15/h3-8,10H,9H2,1-2H3,(H,21,24). The van der Waals surface area contributed by atoms with Crippen molar-refractivity contribution in [3.8, 4) is 22.2 Å². The predicted octanol–water partition coefficient (Wildman–Crippen LogP) is 4.47. The molecule has 4 aromatic heterocycles. The highest BCUT2D eigenvalue weighted by molar-refractivity contribution is 7.17. The van der Waals surface area contributed by atoms with Crippen molar-refractivity contribution >= 4 is 28.6 Å². The highest BCUT2D eigenvalue weighted by Gasteiger charge is 2.17. The maximum Gasteiger partial charge on any atom is 0.263 e. The van der Waals surface area contributed by atoms with Gasteiger partial charge in [0.15, 0.2) is 5.76 Å². The molecule has 4 aromatic rings. The van der Waals surface area contributed by atoms with Crippen LogP contribution in [0.1, 0.15) is 26.1 Å². The second-order valence-electron chi connectivity index (χ2n) is 5.85. The van der Waals surface area contributed by atoms with Crippen LogP contribution in [0.3, 0.4) is 0 Å². The number of hydrogen-bond donors (Lipinski definition) is 1. The van der Waals surface area contributed by atoms with Gasteiger partial charge in [-0.05, 0) is 38.1 Å². The van der Waals surface area contributed by atoms with Gasteiger partial charge in [-0.25, -0.2) is 9.97 Å². The van der Waals surface area contributed by atoms with Crippen LogP contribution in [-0.2, 0) is 6.54 Å². The minimum absolute atomic E-state index is 0.172. The van der Waals surface area contributed by atoms with E-state index >= 15 is 0 Å². The molecular formula is C19H16N4O2S2. The Labute approximate surface area is 164 Å². The summed E-state index contributed by atoms with van der Waals surface area (Å²) in [5.74, 6) is 1.21. The van der Waals surface area contributed by atoms with E-state index in [1.807, 2.05) is 49.6 Å². The summed E-state index contributed by atoms with van der Waals surface area (Å²) in [5.41, 5.74) is 2.27. The van der Waals surface area contributed by atoms with Crippen molar-refractivity contribution in [3.63, 3.8) is 0 Å². The fourth-order valence-corrected chi connectivity index (χ4v) is 4.10. The van der Waals surface area contributed by atoms with Crippen molar-refractivity contribution in [1.29, 1.82) is 0 Å². The first kappa shape index (κ1) is 17.6. The van der Waals surface area contributed by atoms with Crippen molar-refractivity contribution in [3.05, 3.63) is 63.2 Å². The minimum Gasteiger partial charge on any atom is -0.458 e. The fraction of sp³-hybridized carbons (Fsp3) is 0.158. The van der Waals surface area contributed by atoms with Crippen LogP contribution in [0.25, 0.3) is 22.2 Å². The van der Waals surface area contributed by atoms with Crippen LogP contribution < -0.4 is 5.32 Å². The number of aryl methyl sites for hydroxylation is 2. The Kier molecular flexibility index (Phi) is 4.83. The average Bonchev–Trinajstić information content (AvgIpc) is 3.40. The highest BCUT2D eigenvalue weighted by Crippen LogP contribution is 2.27.